The fourth-order valence-electron chi connectivity index (χ4n) is 2.91. The topological polar surface area (TPSA) is 65.6 Å². The molecule has 21 heavy (non-hydrogen) atoms. The van der Waals surface area contributed by atoms with E-state index in [2.05, 4.69) is 23.9 Å². The molecule has 0 bridgehead atoms. The monoisotopic (exact) mass is 290 g/mol. The molecule has 0 aromatic heterocycles. The Kier molecular flexibility index (Phi) is 5.20. The zero-order valence-corrected chi connectivity index (χ0v) is 13.2. The molecule has 0 atom stereocenters. The van der Waals surface area contributed by atoms with Gasteiger partial charge in [0.2, 0.25) is 0 Å². The molecule has 1 heterocycles. The second-order valence-corrected chi connectivity index (χ2v) is 5.90. The summed E-state index contributed by atoms with van der Waals surface area (Å²) in [6, 6.07) is 6.53. The maximum Gasteiger partial charge on any atom is 0.130 e. The number of hydrogen-bond donors (Lipinski definition) is 2. The number of amidine groups is 1. The Labute approximate surface area is 127 Å². The smallest absolute Gasteiger partial charge is 0.130 e. The highest BCUT2D eigenvalue weighted by Gasteiger charge is 2.20. The minimum atomic E-state index is 0.0436. The number of nitrogens with two attached hydrogens (primary N) is 1. The van der Waals surface area contributed by atoms with Crippen LogP contribution in [0.4, 0.5) is 0 Å². The van der Waals surface area contributed by atoms with Gasteiger partial charge in [-0.3, -0.25) is 10.3 Å². The molecule has 0 spiro atoms. The zero-order chi connectivity index (χ0) is 15.4. The number of nitrogen functional groups attached to an aromatic ring is 1. The van der Waals surface area contributed by atoms with Crippen LogP contribution in [0.3, 0.4) is 0 Å². The van der Waals surface area contributed by atoms with Crippen LogP contribution in [0.5, 0.6) is 5.75 Å². The number of likely N-dealkylation sites (tertiary alicyclic amines) is 1. The van der Waals surface area contributed by atoms with Gasteiger partial charge < -0.3 is 15.4 Å². The predicted octanol–water partition coefficient (Wildman–Crippen LogP) is 1.51. The van der Waals surface area contributed by atoms with E-state index in [4.69, 9.17) is 15.9 Å². The molecule has 0 radical (unpaired) electrons. The SMILES string of the molecule is COc1cc(CN(C)C2CCN(C)CC2)ccc1C(=N)N. The van der Waals surface area contributed by atoms with Gasteiger partial charge in [0.1, 0.15) is 11.6 Å². The second-order valence-electron chi connectivity index (χ2n) is 5.90. The Morgan fingerprint density at radius 2 is 2.10 bits per heavy atom. The lowest BCUT2D eigenvalue weighted by Crippen LogP contribution is -2.41. The number of nitrogens with one attached hydrogen (secondary N) is 1. The van der Waals surface area contributed by atoms with E-state index in [0.29, 0.717) is 17.4 Å². The highest BCUT2D eigenvalue weighted by Crippen LogP contribution is 2.22. The molecule has 0 saturated carbocycles. The van der Waals surface area contributed by atoms with Gasteiger partial charge in [-0.2, -0.15) is 0 Å². The van der Waals surface area contributed by atoms with Crippen molar-refractivity contribution in [2.45, 2.75) is 25.4 Å². The van der Waals surface area contributed by atoms with Gasteiger partial charge in [-0.1, -0.05) is 6.07 Å². The van der Waals surface area contributed by atoms with E-state index in [0.717, 1.165) is 6.54 Å². The first-order valence-electron chi connectivity index (χ1n) is 7.41. The average Bonchev–Trinajstić information content (AvgIpc) is 2.47. The van der Waals surface area contributed by atoms with Gasteiger partial charge in [-0.25, -0.2) is 0 Å². The fourth-order valence-corrected chi connectivity index (χ4v) is 2.91. The summed E-state index contributed by atoms with van der Waals surface area (Å²) in [4.78, 5) is 4.80. The zero-order valence-electron chi connectivity index (χ0n) is 13.2. The first-order valence-corrected chi connectivity index (χ1v) is 7.41. The summed E-state index contributed by atoms with van der Waals surface area (Å²) in [5.74, 6) is 0.721. The van der Waals surface area contributed by atoms with Crippen molar-refractivity contribution in [3.8, 4) is 5.75 Å². The van der Waals surface area contributed by atoms with E-state index in [1.807, 2.05) is 18.2 Å². The molecule has 1 aromatic rings. The van der Waals surface area contributed by atoms with Crippen LogP contribution in [0.25, 0.3) is 0 Å². The van der Waals surface area contributed by atoms with Gasteiger partial charge >= 0.3 is 0 Å². The average molecular weight is 290 g/mol. The molecule has 3 N–H and O–H groups in total. The van der Waals surface area contributed by atoms with Gasteiger partial charge in [0.25, 0.3) is 0 Å². The van der Waals surface area contributed by atoms with Crippen LogP contribution in [0.1, 0.15) is 24.0 Å². The molecular formula is C16H26N4O. The molecule has 1 fully saturated rings. The van der Waals surface area contributed by atoms with Crippen molar-refractivity contribution in [1.82, 2.24) is 9.80 Å². The first-order chi connectivity index (χ1) is 10.0. The van der Waals surface area contributed by atoms with Gasteiger partial charge in [-0.05, 0) is 57.7 Å². The molecule has 116 valence electrons. The molecular weight excluding hydrogens is 264 g/mol. The summed E-state index contributed by atoms with van der Waals surface area (Å²) >= 11 is 0. The third-order valence-electron chi connectivity index (χ3n) is 4.30. The fraction of sp³-hybridized carbons (Fsp3) is 0.562. The summed E-state index contributed by atoms with van der Waals surface area (Å²) in [6.07, 6.45) is 2.44. The van der Waals surface area contributed by atoms with Crippen molar-refractivity contribution in [2.75, 3.05) is 34.3 Å². The normalized spacial score (nSPS) is 17.1. The highest BCUT2D eigenvalue weighted by atomic mass is 16.5. The Bertz CT molecular complexity index is 495. The summed E-state index contributed by atoms with van der Waals surface area (Å²) in [5.41, 5.74) is 7.41. The van der Waals surface area contributed by atoms with Crippen LogP contribution in [0.15, 0.2) is 18.2 Å². The van der Waals surface area contributed by atoms with Crippen LogP contribution in [-0.4, -0.2) is 56.0 Å². The van der Waals surface area contributed by atoms with Gasteiger partial charge in [0, 0.05) is 12.6 Å². The first kappa shape index (κ1) is 15.8. The van der Waals surface area contributed by atoms with E-state index >= 15 is 0 Å². The highest BCUT2D eigenvalue weighted by molar-refractivity contribution is 5.97. The van der Waals surface area contributed by atoms with Crippen molar-refractivity contribution < 1.29 is 4.74 Å². The van der Waals surface area contributed by atoms with Crippen LogP contribution in [0, 0.1) is 5.41 Å². The summed E-state index contributed by atoms with van der Waals surface area (Å²) < 4.78 is 5.34. The quantitative estimate of drug-likeness (QED) is 0.637. The van der Waals surface area contributed by atoms with E-state index in [-0.39, 0.29) is 5.84 Å². The van der Waals surface area contributed by atoms with Crippen LogP contribution in [-0.2, 0) is 6.54 Å². The van der Waals surface area contributed by atoms with Crippen molar-refractivity contribution in [2.24, 2.45) is 5.73 Å². The standard InChI is InChI=1S/C16H26N4O/c1-19-8-6-13(7-9-19)20(2)11-12-4-5-14(16(17)18)15(10-12)21-3/h4-5,10,13H,6-9,11H2,1-3H3,(H3,17,18). The molecule has 0 amide bonds. The molecule has 1 aliphatic rings. The molecule has 0 aliphatic carbocycles. The van der Waals surface area contributed by atoms with Crippen molar-refractivity contribution in [1.29, 1.82) is 5.41 Å². The Hall–Kier alpha value is -1.59. The number of hydrogen-bond acceptors (Lipinski definition) is 4. The largest absolute Gasteiger partial charge is 0.496 e. The molecule has 1 saturated heterocycles. The molecule has 5 heteroatoms. The lowest BCUT2D eigenvalue weighted by Gasteiger charge is -2.35. The molecule has 1 aliphatic heterocycles. The second kappa shape index (κ2) is 6.91. The van der Waals surface area contributed by atoms with Crippen molar-refractivity contribution in [3.05, 3.63) is 29.3 Å². The number of rotatable bonds is 5. The molecule has 5 nitrogen and oxygen atoms in total. The maximum absolute atomic E-state index is 7.55. The number of methoxy groups -OCH3 is 1. The lowest BCUT2D eigenvalue weighted by atomic mass is 10.0. The van der Waals surface area contributed by atoms with Gasteiger partial charge in [0.05, 0.1) is 12.7 Å². The van der Waals surface area contributed by atoms with Crippen molar-refractivity contribution in [3.63, 3.8) is 0 Å². The summed E-state index contributed by atoms with van der Waals surface area (Å²) in [6.45, 7) is 3.23. The number of benzene rings is 1. The molecule has 2 rings (SSSR count). The third-order valence-corrected chi connectivity index (χ3v) is 4.30. The van der Waals surface area contributed by atoms with E-state index in [1.165, 1.54) is 31.5 Å². The van der Waals surface area contributed by atoms with Crippen LogP contribution >= 0.6 is 0 Å². The van der Waals surface area contributed by atoms with E-state index in [9.17, 15) is 0 Å². The minimum absolute atomic E-state index is 0.0436. The van der Waals surface area contributed by atoms with Crippen LogP contribution < -0.4 is 10.5 Å². The number of ether oxygens (including phenoxy) is 1. The Morgan fingerprint density at radius 3 is 2.67 bits per heavy atom. The third kappa shape index (κ3) is 3.95. The van der Waals surface area contributed by atoms with Crippen LogP contribution in [0.2, 0.25) is 0 Å². The van der Waals surface area contributed by atoms with E-state index < -0.39 is 0 Å². The summed E-state index contributed by atoms with van der Waals surface area (Å²) in [7, 11) is 5.98. The minimum Gasteiger partial charge on any atom is -0.496 e. The lowest BCUT2D eigenvalue weighted by molar-refractivity contribution is 0.139. The maximum atomic E-state index is 7.55. The van der Waals surface area contributed by atoms with Gasteiger partial charge in [-0.15, -0.1) is 0 Å². The number of nitrogens with zero attached hydrogens (tertiary/aromatic N) is 2. The molecule has 1 aromatic carbocycles. The Balaban J connectivity index is 2.03. The van der Waals surface area contributed by atoms with E-state index in [1.54, 1.807) is 7.11 Å². The Morgan fingerprint density at radius 1 is 1.43 bits per heavy atom. The molecule has 0 unspecified atom stereocenters. The predicted molar refractivity (Wildman–Crippen MR) is 86.0 cm³/mol. The number of piperidine rings is 1. The summed E-state index contributed by atoms with van der Waals surface area (Å²) in [5, 5.41) is 7.55. The van der Waals surface area contributed by atoms with Crippen molar-refractivity contribution >= 4 is 5.84 Å². The van der Waals surface area contributed by atoms with Gasteiger partial charge in [0.15, 0.2) is 0 Å².